The van der Waals surface area contributed by atoms with Gasteiger partial charge in [0.1, 0.15) is 30.2 Å². The number of benzene rings is 1. The summed E-state index contributed by atoms with van der Waals surface area (Å²) >= 11 is 1.10. The number of aryl methyl sites for hydroxylation is 1. The van der Waals surface area contributed by atoms with Gasteiger partial charge in [0.2, 0.25) is 10.0 Å². The Kier molecular flexibility index (Phi) is 7.59. The molecule has 0 bridgehead atoms. The highest BCUT2D eigenvalue weighted by atomic mass is 32.2. The fourth-order valence-corrected chi connectivity index (χ4v) is 3.88. The van der Waals surface area contributed by atoms with Crippen LogP contribution >= 0.6 is 11.8 Å². The summed E-state index contributed by atoms with van der Waals surface area (Å²) in [4.78, 5) is 33.7. The topological polar surface area (TPSA) is 155 Å². The number of nitro groups is 1. The van der Waals surface area contributed by atoms with Gasteiger partial charge in [0, 0.05) is 6.07 Å². The van der Waals surface area contributed by atoms with Crippen LogP contribution in [0.4, 0.5) is 5.69 Å². The molecule has 0 aliphatic rings. The van der Waals surface area contributed by atoms with Crippen molar-refractivity contribution < 1.29 is 36.8 Å². The summed E-state index contributed by atoms with van der Waals surface area (Å²) in [6.07, 6.45) is 1.62. The van der Waals surface area contributed by atoms with Crippen LogP contribution in [0.15, 0.2) is 38.5 Å². The molecule has 2 rings (SSSR count). The number of ether oxygens (including phenoxy) is 2. The fourth-order valence-electron chi connectivity index (χ4n) is 2.35. The molecule has 0 aliphatic carbocycles. The third-order valence-corrected chi connectivity index (χ3v) is 6.00. The van der Waals surface area contributed by atoms with E-state index in [4.69, 9.17) is 9.15 Å². The number of carbonyl (C=O) groups excluding carboxylic acids is 2. The van der Waals surface area contributed by atoms with E-state index in [1.54, 1.807) is 6.26 Å². The monoisotopic (exact) mass is 458 g/mol. The zero-order valence-corrected chi connectivity index (χ0v) is 17.8. The molecule has 0 amide bonds. The molecular weight excluding hydrogens is 440 g/mol. The number of methoxy groups -OCH3 is 1. The first-order valence-corrected chi connectivity index (χ1v) is 10.9. The SMILES string of the molecule is COC(=O)c1cc(COC(=O)CNS(=O)(=O)c2ccc(SC)c([N+](=O)[O-])c2)oc1C. The van der Waals surface area contributed by atoms with Crippen molar-refractivity contribution in [3.05, 3.63) is 51.5 Å². The van der Waals surface area contributed by atoms with Crippen molar-refractivity contribution in [1.29, 1.82) is 0 Å². The Morgan fingerprint density at radius 2 is 2.00 bits per heavy atom. The van der Waals surface area contributed by atoms with Crippen molar-refractivity contribution >= 4 is 39.4 Å². The normalized spacial score (nSPS) is 11.2. The zero-order valence-electron chi connectivity index (χ0n) is 16.2. The molecule has 0 fully saturated rings. The van der Waals surface area contributed by atoms with Crippen LogP contribution in [0, 0.1) is 17.0 Å². The molecular formula is C17H18N2O9S2. The number of nitrogens with zero attached hydrogens (tertiary/aromatic N) is 1. The van der Waals surface area contributed by atoms with Gasteiger partial charge in [-0.15, -0.1) is 11.8 Å². The summed E-state index contributed by atoms with van der Waals surface area (Å²) < 4.78 is 41.4. The minimum absolute atomic E-state index is 0.174. The van der Waals surface area contributed by atoms with Gasteiger partial charge in [-0.1, -0.05) is 0 Å². The van der Waals surface area contributed by atoms with Gasteiger partial charge in [-0.3, -0.25) is 14.9 Å². The van der Waals surface area contributed by atoms with E-state index in [1.165, 1.54) is 32.2 Å². The summed E-state index contributed by atoms with van der Waals surface area (Å²) in [5.41, 5.74) is -0.179. The van der Waals surface area contributed by atoms with Crippen LogP contribution < -0.4 is 4.72 Å². The van der Waals surface area contributed by atoms with Crippen molar-refractivity contribution in [2.75, 3.05) is 19.9 Å². The van der Waals surface area contributed by atoms with Crippen LogP contribution in [0.3, 0.4) is 0 Å². The van der Waals surface area contributed by atoms with Crippen LogP contribution in [0.25, 0.3) is 0 Å². The van der Waals surface area contributed by atoms with E-state index in [1.807, 2.05) is 4.72 Å². The molecule has 2 aromatic rings. The highest BCUT2D eigenvalue weighted by molar-refractivity contribution is 7.98. The van der Waals surface area contributed by atoms with Gasteiger partial charge >= 0.3 is 11.9 Å². The van der Waals surface area contributed by atoms with Crippen molar-refractivity contribution in [3.63, 3.8) is 0 Å². The third-order valence-electron chi connectivity index (χ3n) is 3.81. The standard InChI is InChI=1S/C17H18N2O9S2/c1-10-13(17(21)26-2)6-11(28-10)9-27-16(20)8-18-30(24,25)12-4-5-15(29-3)14(7-12)19(22)23/h4-7,18H,8-9H2,1-3H3. The second kappa shape index (κ2) is 9.73. The summed E-state index contributed by atoms with van der Waals surface area (Å²) in [5.74, 6) is -1.07. The van der Waals surface area contributed by atoms with Gasteiger partial charge in [-0.05, 0) is 31.4 Å². The highest BCUT2D eigenvalue weighted by Crippen LogP contribution is 2.29. The minimum atomic E-state index is -4.19. The Hall–Kier alpha value is -2.90. The van der Waals surface area contributed by atoms with E-state index in [0.29, 0.717) is 4.90 Å². The maximum atomic E-state index is 12.3. The molecule has 0 saturated heterocycles. The lowest BCUT2D eigenvalue weighted by atomic mass is 10.2. The number of carbonyl (C=O) groups is 2. The predicted octanol–water partition coefficient (Wildman–Crippen LogP) is 2.03. The lowest BCUT2D eigenvalue weighted by Gasteiger charge is -2.08. The van der Waals surface area contributed by atoms with E-state index in [9.17, 15) is 28.1 Å². The average Bonchev–Trinajstić information content (AvgIpc) is 3.10. The van der Waals surface area contributed by atoms with Crippen molar-refractivity contribution in [1.82, 2.24) is 4.72 Å². The number of hydrogen-bond donors (Lipinski definition) is 1. The number of sulfonamides is 1. The lowest BCUT2D eigenvalue weighted by Crippen LogP contribution is -2.30. The maximum absolute atomic E-state index is 12.3. The van der Waals surface area contributed by atoms with Gasteiger partial charge in [0.25, 0.3) is 5.69 Å². The number of furan rings is 1. The van der Waals surface area contributed by atoms with Crippen LogP contribution in [0.1, 0.15) is 21.9 Å². The fraction of sp³-hybridized carbons (Fsp3) is 0.294. The number of thioether (sulfide) groups is 1. The van der Waals surface area contributed by atoms with Gasteiger partial charge in [0.15, 0.2) is 0 Å². The molecule has 162 valence electrons. The molecule has 0 spiro atoms. The highest BCUT2D eigenvalue weighted by Gasteiger charge is 2.22. The number of nitrogens with one attached hydrogen (secondary N) is 1. The zero-order chi connectivity index (χ0) is 22.5. The summed E-state index contributed by atoms with van der Waals surface area (Å²) in [6.45, 7) is 0.503. The summed E-state index contributed by atoms with van der Waals surface area (Å²) in [6, 6.07) is 4.78. The first kappa shape index (κ1) is 23.4. The average molecular weight is 458 g/mol. The lowest BCUT2D eigenvalue weighted by molar-refractivity contribution is -0.387. The van der Waals surface area contributed by atoms with Crippen LogP contribution in [-0.4, -0.2) is 45.2 Å². The molecule has 1 aromatic carbocycles. The molecule has 1 aromatic heterocycles. The molecule has 0 radical (unpaired) electrons. The maximum Gasteiger partial charge on any atom is 0.341 e. The van der Waals surface area contributed by atoms with E-state index in [-0.39, 0.29) is 34.3 Å². The van der Waals surface area contributed by atoms with E-state index >= 15 is 0 Å². The van der Waals surface area contributed by atoms with E-state index in [0.717, 1.165) is 17.8 Å². The Labute approximate surface area is 175 Å². The van der Waals surface area contributed by atoms with Gasteiger partial charge in [0.05, 0.1) is 21.8 Å². The number of esters is 2. The van der Waals surface area contributed by atoms with E-state index in [2.05, 4.69) is 4.74 Å². The largest absolute Gasteiger partial charge is 0.465 e. The van der Waals surface area contributed by atoms with Crippen LogP contribution in [-0.2, 0) is 30.9 Å². The Morgan fingerprint density at radius 3 is 2.60 bits per heavy atom. The Balaban J connectivity index is 1.99. The number of nitro benzene ring substituents is 1. The summed E-state index contributed by atoms with van der Waals surface area (Å²) in [5, 5.41) is 11.1. The van der Waals surface area contributed by atoms with Crippen molar-refractivity contribution in [2.24, 2.45) is 0 Å². The van der Waals surface area contributed by atoms with Crippen molar-refractivity contribution in [2.45, 2.75) is 23.3 Å². The number of rotatable bonds is 9. The molecule has 0 unspecified atom stereocenters. The Morgan fingerprint density at radius 1 is 1.30 bits per heavy atom. The van der Waals surface area contributed by atoms with Crippen molar-refractivity contribution in [3.8, 4) is 0 Å². The predicted molar refractivity (Wildman–Crippen MR) is 105 cm³/mol. The molecule has 13 heteroatoms. The first-order valence-electron chi connectivity index (χ1n) is 8.24. The minimum Gasteiger partial charge on any atom is -0.465 e. The molecule has 0 aliphatic heterocycles. The molecule has 1 heterocycles. The molecule has 0 saturated carbocycles. The second-order valence-electron chi connectivity index (χ2n) is 5.75. The quantitative estimate of drug-likeness (QED) is 0.255. The van der Waals surface area contributed by atoms with Gasteiger partial charge in [-0.2, -0.15) is 4.72 Å². The molecule has 11 nitrogen and oxygen atoms in total. The number of hydrogen-bond acceptors (Lipinski definition) is 10. The van der Waals surface area contributed by atoms with E-state index < -0.39 is 33.4 Å². The smallest absolute Gasteiger partial charge is 0.341 e. The van der Waals surface area contributed by atoms with Crippen LogP contribution in [0.5, 0.6) is 0 Å². The van der Waals surface area contributed by atoms with Gasteiger partial charge in [-0.25, -0.2) is 13.2 Å². The second-order valence-corrected chi connectivity index (χ2v) is 8.37. The molecule has 30 heavy (non-hydrogen) atoms. The summed E-state index contributed by atoms with van der Waals surface area (Å²) in [7, 11) is -2.97. The molecule has 0 atom stereocenters. The van der Waals surface area contributed by atoms with Gasteiger partial charge < -0.3 is 13.9 Å². The van der Waals surface area contributed by atoms with Crippen LogP contribution in [0.2, 0.25) is 0 Å². The third kappa shape index (κ3) is 5.58. The Bertz CT molecular complexity index is 1080. The first-order chi connectivity index (χ1) is 14.1. The molecule has 1 N–H and O–H groups in total.